The summed E-state index contributed by atoms with van der Waals surface area (Å²) in [5.41, 5.74) is -1.69. The Balaban J connectivity index is 3.54. The van der Waals surface area contributed by atoms with Crippen LogP contribution in [0.1, 0.15) is 39.2 Å². The van der Waals surface area contributed by atoms with Crippen LogP contribution in [-0.2, 0) is 28.6 Å². The van der Waals surface area contributed by atoms with Gasteiger partial charge in [0.2, 0.25) is 0 Å². The average molecular weight is 371 g/mol. The molecule has 0 bridgehead atoms. The smallest absolute Gasteiger partial charge is 0.335 e. The van der Waals surface area contributed by atoms with E-state index in [2.05, 4.69) is 0 Å². The molecule has 0 aliphatic carbocycles. The molecule has 1 rings (SSSR count). The van der Waals surface area contributed by atoms with Crippen LogP contribution < -0.4 is 0 Å². The highest BCUT2D eigenvalue weighted by Gasteiger charge is 2.61. The van der Waals surface area contributed by atoms with E-state index < -0.39 is 29.2 Å². The fourth-order valence-electron chi connectivity index (χ4n) is 2.52. The number of rotatable bonds is 8. The predicted molar refractivity (Wildman–Crippen MR) is 92.2 cm³/mol. The van der Waals surface area contributed by atoms with Gasteiger partial charge in [-0.2, -0.15) is 0 Å². The van der Waals surface area contributed by atoms with E-state index in [1.807, 2.05) is 0 Å². The molecule has 0 aliphatic rings. The van der Waals surface area contributed by atoms with Gasteiger partial charge in [-0.3, -0.25) is 14.4 Å². The van der Waals surface area contributed by atoms with E-state index >= 15 is 0 Å². The number of benzene rings is 1. The first-order valence-electron chi connectivity index (χ1n) is 8.13. The second-order valence-corrected chi connectivity index (χ2v) is 5.68. The van der Waals surface area contributed by atoms with Crippen molar-refractivity contribution in [3.8, 4) is 0 Å². The Morgan fingerprint density at radius 1 is 0.880 bits per heavy atom. The molecule has 6 nitrogen and oxygen atoms in total. The van der Waals surface area contributed by atoms with Crippen molar-refractivity contribution in [1.82, 2.24) is 0 Å². The van der Waals surface area contributed by atoms with Gasteiger partial charge in [-0.15, -0.1) is 0 Å². The lowest BCUT2D eigenvalue weighted by Crippen LogP contribution is -2.52. The minimum atomic E-state index is -2.24. The molecule has 0 amide bonds. The van der Waals surface area contributed by atoms with Crippen molar-refractivity contribution in [3.05, 3.63) is 34.9 Å². The summed E-state index contributed by atoms with van der Waals surface area (Å²) >= 11 is 5.89. The molecule has 7 heteroatoms. The Morgan fingerprint density at radius 2 is 1.24 bits per heavy atom. The highest BCUT2D eigenvalue weighted by Crippen LogP contribution is 2.40. The fourth-order valence-corrected chi connectivity index (χ4v) is 2.64. The Morgan fingerprint density at radius 3 is 1.56 bits per heavy atom. The molecule has 0 saturated carbocycles. The SMILES string of the molecule is CCOC(=O)C(C(=O)OCC)(C(=O)OCC)[C@H](C)c1ccc(Cl)cc1. The Kier molecular flexibility index (Phi) is 7.90. The van der Waals surface area contributed by atoms with Crippen LogP contribution in [0.15, 0.2) is 24.3 Å². The maximum absolute atomic E-state index is 12.7. The van der Waals surface area contributed by atoms with Gasteiger partial charge in [0.05, 0.1) is 19.8 Å². The third-order valence-electron chi connectivity index (χ3n) is 3.81. The third-order valence-corrected chi connectivity index (χ3v) is 4.06. The quantitative estimate of drug-likeness (QED) is 0.397. The van der Waals surface area contributed by atoms with Gasteiger partial charge in [0.25, 0.3) is 5.41 Å². The molecule has 0 fully saturated rings. The minimum absolute atomic E-state index is 0.00668. The number of carbonyl (C=O) groups excluding carboxylic acids is 3. The van der Waals surface area contributed by atoms with E-state index in [1.165, 1.54) is 0 Å². The van der Waals surface area contributed by atoms with E-state index in [1.54, 1.807) is 52.0 Å². The van der Waals surface area contributed by atoms with E-state index in [4.69, 9.17) is 25.8 Å². The van der Waals surface area contributed by atoms with Crippen molar-refractivity contribution in [2.24, 2.45) is 5.41 Å². The highest BCUT2D eigenvalue weighted by atomic mass is 35.5. The largest absolute Gasteiger partial charge is 0.465 e. The van der Waals surface area contributed by atoms with E-state index in [9.17, 15) is 14.4 Å². The highest BCUT2D eigenvalue weighted by molar-refractivity contribution is 6.30. The Bertz CT molecular complexity index is 565. The van der Waals surface area contributed by atoms with E-state index in [-0.39, 0.29) is 19.8 Å². The van der Waals surface area contributed by atoms with Gasteiger partial charge in [-0.1, -0.05) is 30.7 Å². The molecular weight excluding hydrogens is 348 g/mol. The summed E-state index contributed by atoms with van der Waals surface area (Å²) in [5, 5.41) is 0.491. The summed E-state index contributed by atoms with van der Waals surface area (Å²) in [6.45, 7) is 6.37. The van der Waals surface area contributed by atoms with Gasteiger partial charge in [-0.25, -0.2) is 0 Å². The maximum atomic E-state index is 12.7. The summed E-state index contributed by atoms with van der Waals surface area (Å²) in [5.74, 6) is -3.85. The molecule has 1 aromatic rings. The van der Waals surface area contributed by atoms with Crippen LogP contribution in [-0.4, -0.2) is 37.7 Å². The van der Waals surface area contributed by atoms with Crippen molar-refractivity contribution in [2.75, 3.05) is 19.8 Å². The van der Waals surface area contributed by atoms with Gasteiger partial charge < -0.3 is 14.2 Å². The fraction of sp³-hybridized carbons (Fsp3) is 0.500. The summed E-state index contributed by atoms with van der Waals surface area (Å²) in [6.07, 6.45) is 0. The molecule has 0 radical (unpaired) electrons. The molecule has 1 aromatic carbocycles. The molecular formula is C18H23ClO6. The van der Waals surface area contributed by atoms with Crippen LogP contribution in [0.4, 0.5) is 0 Å². The van der Waals surface area contributed by atoms with Gasteiger partial charge in [-0.05, 0) is 38.5 Å². The van der Waals surface area contributed by atoms with Crippen molar-refractivity contribution in [2.45, 2.75) is 33.6 Å². The maximum Gasteiger partial charge on any atom is 0.335 e. The molecule has 0 N–H and O–H groups in total. The molecule has 1 atom stereocenters. The standard InChI is InChI=1S/C18H23ClO6/c1-5-23-15(20)18(16(21)24-6-2,17(22)25-7-3)12(4)13-8-10-14(19)11-9-13/h8-12H,5-7H2,1-4H3/t12-/m1/s1. The zero-order chi connectivity index (χ0) is 19.0. The first-order chi connectivity index (χ1) is 11.9. The van der Waals surface area contributed by atoms with Crippen molar-refractivity contribution in [1.29, 1.82) is 0 Å². The second-order valence-electron chi connectivity index (χ2n) is 5.24. The summed E-state index contributed by atoms with van der Waals surface area (Å²) in [4.78, 5) is 38.2. The van der Waals surface area contributed by atoms with E-state index in [0.29, 0.717) is 10.6 Å². The summed E-state index contributed by atoms with van der Waals surface area (Å²) < 4.78 is 15.1. The minimum Gasteiger partial charge on any atom is -0.465 e. The number of hydrogen-bond acceptors (Lipinski definition) is 6. The van der Waals surface area contributed by atoms with Crippen molar-refractivity contribution < 1.29 is 28.6 Å². The van der Waals surface area contributed by atoms with Crippen LogP contribution in [0.3, 0.4) is 0 Å². The third kappa shape index (κ3) is 4.31. The lowest BCUT2D eigenvalue weighted by atomic mass is 9.72. The molecule has 0 aromatic heterocycles. The molecule has 25 heavy (non-hydrogen) atoms. The molecule has 0 spiro atoms. The van der Waals surface area contributed by atoms with Gasteiger partial charge in [0.15, 0.2) is 0 Å². The topological polar surface area (TPSA) is 78.9 Å². The summed E-state index contributed by atoms with van der Waals surface area (Å²) in [6, 6.07) is 6.50. The van der Waals surface area contributed by atoms with Crippen LogP contribution in [0.5, 0.6) is 0 Å². The molecule has 138 valence electrons. The van der Waals surface area contributed by atoms with Crippen LogP contribution >= 0.6 is 11.6 Å². The predicted octanol–water partition coefficient (Wildman–Crippen LogP) is 3.12. The lowest BCUT2D eigenvalue weighted by molar-refractivity contribution is -0.185. The first-order valence-corrected chi connectivity index (χ1v) is 8.51. The molecule has 0 aliphatic heterocycles. The van der Waals surface area contributed by atoms with Gasteiger partial charge >= 0.3 is 17.9 Å². The second kappa shape index (κ2) is 9.42. The van der Waals surface area contributed by atoms with Crippen molar-refractivity contribution in [3.63, 3.8) is 0 Å². The summed E-state index contributed by atoms with van der Waals surface area (Å²) in [7, 11) is 0. The number of ether oxygens (including phenoxy) is 3. The normalized spacial score (nSPS) is 12.2. The lowest BCUT2D eigenvalue weighted by Gasteiger charge is -2.32. The van der Waals surface area contributed by atoms with Crippen LogP contribution in [0, 0.1) is 5.41 Å². The monoisotopic (exact) mass is 370 g/mol. The first kappa shape index (κ1) is 21.0. The van der Waals surface area contributed by atoms with Crippen LogP contribution in [0.25, 0.3) is 0 Å². The number of halogens is 1. The molecule has 0 unspecified atom stereocenters. The molecule has 0 heterocycles. The number of esters is 3. The van der Waals surface area contributed by atoms with Crippen LogP contribution in [0.2, 0.25) is 5.02 Å². The van der Waals surface area contributed by atoms with Crippen molar-refractivity contribution >= 4 is 29.5 Å². The zero-order valence-corrected chi connectivity index (χ0v) is 15.6. The van der Waals surface area contributed by atoms with Gasteiger partial charge in [0, 0.05) is 10.9 Å². The Labute approximate surface area is 152 Å². The number of carbonyl (C=O) groups is 3. The zero-order valence-electron chi connectivity index (χ0n) is 14.8. The van der Waals surface area contributed by atoms with Gasteiger partial charge in [0.1, 0.15) is 0 Å². The average Bonchev–Trinajstić information content (AvgIpc) is 2.56. The molecule has 0 saturated heterocycles. The Hall–Kier alpha value is -2.08. The number of hydrogen-bond donors (Lipinski definition) is 0. The van der Waals surface area contributed by atoms with E-state index in [0.717, 1.165) is 0 Å².